The normalized spacial score (nSPS) is 21.9. The molecule has 2 rings (SSSR count). The van der Waals surface area contributed by atoms with Crippen LogP contribution in [-0.2, 0) is 0 Å². The largest absolute Gasteiger partial charge is 0.396 e. The summed E-state index contributed by atoms with van der Waals surface area (Å²) < 4.78 is 13.1. The minimum atomic E-state index is -0.491. The van der Waals surface area contributed by atoms with Crippen LogP contribution in [0, 0.1) is 11.2 Å². The number of amides is 1. The molecule has 1 atom stereocenters. The van der Waals surface area contributed by atoms with Crippen molar-refractivity contribution in [2.45, 2.75) is 45.6 Å². The van der Waals surface area contributed by atoms with Crippen LogP contribution in [0.4, 0.5) is 10.1 Å². The minimum absolute atomic E-state index is 0.00977. The highest BCUT2D eigenvalue weighted by Gasteiger charge is 2.33. The summed E-state index contributed by atoms with van der Waals surface area (Å²) >= 11 is 0. The number of anilines is 1. The number of carbonyl (C=O) groups is 1. The monoisotopic (exact) mass is 264 g/mol. The van der Waals surface area contributed by atoms with Gasteiger partial charge in [0.25, 0.3) is 5.91 Å². The van der Waals surface area contributed by atoms with Gasteiger partial charge in [0, 0.05) is 11.6 Å². The molecule has 0 bridgehead atoms. The van der Waals surface area contributed by atoms with E-state index < -0.39 is 5.82 Å². The van der Waals surface area contributed by atoms with Gasteiger partial charge in [-0.1, -0.05) is 26.7 Å². The quantitative estimate of drug-likeness (QED) is 0.806. The molecule has 19 heavy (non-hydrogen) atoms. The van der Waals surface area contributed by atoms with Crippen molar-refractivity contribution in [3.8, 4) is 0 Å². The Bertz CT molecular complexity index is 485. The number of nitrogens with two attached hydrogens (primary N) is 1. The molecule has 0 radical (unpaired) electrons. The van der Waals surface area contributed by atoms with Gasteiger partial charge in [-0.3, -0.25) is 4.79 Å². The molecule has 1 fully saturated rings. The zero-order valence-electron chi connectivity index (χ0n) is 11.5. The first-order chi connectivity index (χ1) is 8.90. The molecule has 1 amide bonds. The average molecular weight is 264 g/mol. The third-order valence-electron chi connectivity index (χ3n) is 4.07. The lowest BCUT2D eigenvalue weighted by Crippen LogP contribution is -2.46. The van der Waals surface area contributed by atoms with Crippen molar-refractivity contribution < 1.29 is 9.18 Å². The van der Waals surface area contributed by atoms with E-state index in [4.69, 9.17) is 5.73 Å². The zero-order valence-corrected chi connectivity index (χ0v) is 11.5. The molecule has 4 heteroatoms. The number of carbonyl (C=O) groups excluding carboxylic acids is 1. The van der Waals surface area contributed by atoms with Gasteiger partial charge in [-0.25, -0.2) is 4.39 Å². The number of benzene rings is 1. The first kappa shape index (κ1) is 13.8. The number of rotatable bonds is 2. The Morgan fingerprint density at radius 3 is 2.79 bits per heavy atom. The topological polar surface area (TPSA) is 55.1 Å². The fraction of sp³-hybridized carbons (Fsp3) is 0.533. The van der Waals surface area contributed by atoms with E-state index in [1.807, 2.05) is 0 Å². The molecule has 104 valence electrons. The average Bonchev–Trinajstić information content (AvgIpc) is 2.35. The molecule has 1 unspecified atom stereocenters. The van der Waals surface area contributed by atoms with Gasteiger partial charge in [0.05, 0.1) is 5.69 Å². The summed E-state index contributed by atoms with van der Waals surface area (Å²) in [7, 11) is 0. The second-order valence-corrected chi connectivity index (χ2v) is 6.00. The number of nitrogens with one attached hydrogen (secondary N) is 1. The van der Waals surface area contributed by atoms with Gasteiger partial charge < -0.3 is 11.1 Å². The van der Waals surface area contributed by atoms with Gasteiger partial charge in [0.15, 0.2) is 0 Å². The van der Waals surface area contributed by atoms with E-state index in [9.17, 15) is 9.18 Å². The van der Waals surface area contributed by atoms with Crippen molar-refractivity contribution in [1.29, 1.82) is 0 Å². The van der Waals surface area contributed by atoms with Gasteiger partial charge in [0.2, 0.25) is 0 Å². The Hall–Kier alpha value is -1.58. The Balaban J connectivity index is 2.10. The predicted molar refractivity (Wildman–Crippen MR) is 74.3 cm³/mol. The van der Waals surface area contributed by atoms with Crippen LogP contribution in [0.5, 0.6) is 0 Å². The van der Waals surface area contributed by atoms with E-state index >= 15 is 0 Å². The first-order valence-electron chi connectivity index (χ1n) is 6.76. The van der Waals surface area contributed by atoms with Gasteiger partial charge >= 0.3 is 0 Å². The van der Waals surface area contributed by atoms with Crippen molar-refractivity contribution in [1.82, 2.24) is 5.32 Å². The van der Waals surface area contributed by atoms with Gasteiger partial charge in [-0.05, 0) is 36.5 Å². The maximum Gasteiger partial charge on any atom is 0.251 e. The van der Waals surface area contributed by atoms with Crippen LogP contribution in [-0.4, -0.2) is 11.9 Å². The first-order valence-corrected chi connectivity index (χ1v) is 6.76. The third-order valence-corrected chi connectivity index (χ3v) is 4.07. The van der Waals surface area contributed by atoms with E-state index in [1.165, 1.54) is 24.6 Å². The standard InChI is InChI=1S/C15H21FN2O/c1-15(2)8-4-3-5-13(15)18-14(19)10-6-7-11(16)12(17)9-10/h6-7,9,13H,3-5,8,17H2,1-2H3,(H,18,19). The molecule has 1 aromatic carbocycles. The molecule has 0 aromatic heterocycles. The van der Waals surface area contributed by atoms with Crippen molar-refractivity contribution in [2.75, 3.05) is 5.73 Å². The van der Waals surface area contributed by atoms with Gasteiger partial charge in [0.1, 0.15) is 5.82 Å². The summed E-state index contributed by atoms with van der Waals surface area (Å²) in [6, 6.07) is 4.26. The highest BCUT2D eigenvalue weighted by molar-refractivity contribution is 5.95. The summed E-state index contributed by atoms with van der Waals surface area (Å²) in [5.41, 5.74) is 6.03. The fourth-order valence-electron chi connectivity index (χ4n) is 2.69. The molecule has 0 heterocycles. The summed E-state index contributed by atoms with van der Waals surface area (Å²) in [6.07, 6.45) is 4.46. The molecule has 3 nitrogen and oxygen atoms in total. The number of hydrogen-bond donors (Lipinski definition) is 2. The Morgan fingerprint density at radius 1 is 1.42 bits per heavy atom. The van der Waals surface area contributed by atoms with Crippen LogP contribution in [0.3, 0.4) is 0 Å². The van der Waals surface area contributed by atoms with Crippen LogP contribution < -0.4 is 11.1 Å². The van der Waals surface area contributed by atoms with E-state index in [-0.39, 0.29) is 23.1 Å². The number of halogens is 1. The lowest BCUT2D eigenvalue weighted by molar-refractivity contribution is 0.0853. The van der Waals surface area contributed by atoms with Gasteiger partial charge in [-0.15, -0.1) is 0 Å². The predicted octanol–water partition coefficient (Wildman–Crippen LogP) is 3.11. The van der Waals surface area contributed by atoms with Crippen molar-refractivity contribution in [2.24, 2.45) is 5.41 Å². The van der Waals surface area contributed by atoms with Crippen molar-refractivity contribution in [3.63, 3.8) is 0 Å². The molecule has 1 aliphatic rings. The summed E-state index contributed by atoms with van der Waals surface area (Å²) in [5, 5.41) is 3.06. The zero-order chi connectivity index (χ0) is 14.0. The summed E-state index contributed by atoms with van der Waals surface area (Å²) in [4.78, 5) is 12.2. The second-order valence-electron chi connectivity index (χ2n) is 6.00. The molecule has 1 aromatic rings. The maximum atomic E-state index is 13.1. The molecule has 0 aliphatic heterocycles. The van der Waals surface area contributed by atoms with E-state index in [0.29, 0.717) is 5.56 Å². The second kappa shape index (κ2) is 5.19. The summed E-state index contributed by atoms with van der Waals surface area (Å²) in [5.74, 6) is -0.666. The molecule has 3 N–H and O–H groups in total. The smallest absolute Gasteiger partial charge is 0.251 e. The van der Waals surface area contributed by atoms with E-state index in [2.05, 4.69) is 19.2 Å². The highest BCUT2D eigenvalue weighted by Crippen LogP contribution is 2.35. The van der Waals surface area contributed by atoms with E-state index in [0.717, 1.165) is 19.3 Å². The Kier molecular flexibility index (Phi) is 3.78. The van der Waals surface area contributed by atoms with Gasteiger partial charge in [-0.2, -0.15) is 0 Å². The lowest BCUT2D eigenvalue weighted by atomic mass is 9.73. The lowest BCUT2D eigenvalue weighted by Gasteiger charge is -2.39. The van der Waals surface area contributed by atoms with Crippen molar-refractivity contribution in [3.05, 3.63) is 29.6 Å². The van der Waals surface area contributed by atoms with Crippen LogP contribution in [0.2, 0.25) is 0 Å². The molecular formula is C15H21FN2O. The Labute approximate surface area is 113 Å². The van der Waals surface area contributed by atoms with Crippen LogP contribution in [0.25, 0.3) is 0 Å². The minimum Gasteiger partial charge on any atom is -0.396 e. The highest BCUT2D eigenvalue weighted by atomic mass is 19.1. The van der Waals surface area contributed by atoms with Crippen LogP contribution in [0.15, 0.2) is 18.2 Å². The molecule has 1 saturated carbocycles. The fourth-order valence-corrected chi connectivity index (χ4v) is 2.69. The molecular weight excluding hydrogens is 243 g/mol. The molecule has 1 aliphatic carbocycles. The molecule has 0 spiro atoms. The SMILES string of the molecule is CC1(C)CCCCC1NC(=O)c1ccc(F)c(N)c1. The van der Waals surface area contributed by atoms with Crippen molar-refractivity contribution >= 4 is 11.6 Å². The van der Waals surface area contributed by atoms with E-state index in [1.54, 1.807) is 0 Å². The van der Waals surface area contributed by atoms with Crippen LogP contribution in [0.1, 0.15) is 49.9 Å². The number of nitrogen functional groups attached to an aromatic ring is 1. The summed E-state index contributed by atoms with van der Waals surface area (Å²) in [6.45, 7) is 4.35. The maximum absolute atomic E-state index is 13.1. The molecule has 0 saturated heterocycles. The van der Waals surface area contributed by atoms with Crippen LogP contribution >= 0.6 is 0 Å². The number of hydrogen-bond acceptors (Lipinski definition) is 2. The Morgan fingerprint density at radius 2 is 2.16 bits per heavy atom. The third kappa shape index (κ3) is 3.06.